The zero-order chi connectivity index (χ0) is 15.0. The van der Waals surface area contributed by atoms with Gasteiger partial charge in [0.1, 0.15) is 0 Å². The van der Waals surface area contributed by atoms with Gasteiger partial charge in [0.05, 0.1) is 12.1 Å². The average molecular weight is 287 g/mol. The summed E-state index contributed by atoms with van der Waals surface area (Å²) in [6.45, 7) is 6.98. The third-order valence-corrected chi connectivity index (χ3v) is 4.24. The third kappa shape index (κ3) is 2.51. The van der Waals surface area contributed by atoms with Gasteiger partial charge >= 0.3 is 0 Å². The van der Waals surface area contributed by atoms with Gasteiger partial charge in [0.2, 0.25) is 0 Å². The predicted octanol–water partition coefficient (Wildman–Crippen LogP) is 2.28. The van der Waals surface area contributed by atoms with E-state index in [1.807, 2.05) is 17.7 Å². The Labute approximate surface area is 124 Å². The maximum atomic E-state index is 6.04. The molecule has 1 fully saturated rings. The van der Waals surface area contributed by atoms with Crippen molar-refractivity contribution in [1.29, 1.82) is 0 Å². The molecule has 1 aromatic heterocycles. The number of rotatable bonds is 3. The third-order valence-electron chi connectivity index (χ3n) is 4.24. The van der Waals surface area contributed by atoms with E-state index in [1.165, 1.54) is 0 Å². The van der Waals surface area contributed by atoms with Crippen molar-refractivity contribution in [2.45, 2.75) is 45.8 Å². The van der Waals surface area contributed by atoms with E-state index in [-0.39, 0.29) is 12.1 Å². The summed E-state index contributed by atoms with van der Waals surface area (Å²) in [5, 5.41) is 12.2. The minimum Gasteiger partial charge on any atom is -0.398 e. The van der Waals surface area contributed by atoms with E-state index in [9.17, 15) is 0 Å². The minimum absolute atomic E-state index is 0.111. The number of hydrogen-bond donors (Lipinski definition) is 1. The molecule has 0 spiro atoms. The topological polar surface area (TPSA) is 78.8 Å². The van der Waals surface area contributed by atoms with Crippen molar-refractivity contribution in [3.8, 4) is 11.4 Å². The van der Waals surface area contributed by atoms with Gasteiger partial charge in [-0.2, -0.15) is 0 Å². The fraction of sp³-hybridized carbons (Fsp3) is 0.533. The van der Waals surface area contributed by atoms with Gasteiger partial charge < -0.3 is 10.5 Å². The molecular formula is C15H21N5O. The van der Waals surface area contributed by atoms with E-state index in [0.29, 0.717) is 0 Å². The van der Waals surface area contributed by atoms with Crippen LogP contribution in [0.4, 0.5) is 5.69 Å². The number of aryl methyl sites for hydroxylation is 2. The van der Waals surface area contributed by atoms with Crippen LogP contribution in [0, 0.1) is 13.8 Å². The summed E-state index contributed by atoms with van der Waals surface area (Å²) in [7, 11) is 0. The quantitative estimate of drug-likeness (QED) is 0.876. The monoisotopic (exact) mass is 287 g/mol. The summed E-state index contributed by atoms with van der Waals surface area (Å²) >= 11 is 0. The average Bonchev–Trinajstić information content (AvgIpc) is 3.12. The molecule has 6 heteroatoms. The van der Waals surface area contributed by atoms with E-state index in [1.54, 1.807) is 0 Å². The van der Waals surface area contributed by atoms with Crippen molar-refractivity contribution in [3.63, 3.8) is 0 Å². The molecule has 0 bridgehead atoms. The Kier molecular flexibility index (Phi) is 3.63. The highest BCUT2D eigenvalue weighted by Crippen LogP contribution is 2.30. The number of benzene rings is 1. The van der Waals surface area contributed by atoms with Gasteiger partial charge in [-0.3, -0.25) is 0 Å². The Bertz CT molecular complexity index is 646. The second-order valence-electron chi connectivity index (χ2n) is 5.76. The van der Waals surface area contributed by atoms with Crippen molar-refractivity contribution in [2.24, 2.45) is 0 Å². The van der Waals surface area contributed by atoms with E-state index in [2.05, 4.69) is 35.4 Å². The van der Waals surface area contributed by atoms with E-state index >= 15 is 0 Å². The molecule has 21 heavy (non-hydrogen) atoms. The van der Waals surface area contributed by atoms with Crippen LogP contribution in [0.1, 0.15) is 36.9 Å². The van der Waals surface area contributed by atoms with Crippen LogP contribution < -0.4 is 5.73 Å². The lowest BCUT2D eigenvalue weighted by atomic mass is 10.0. The molecule has 1 aromatic carbocycles. The standard InChI is InChI=1S/C15H21N5O/c1-9-7-10(2)13(16)8-12(9)15-17-18-19-20(15)11(3)14-5-4-6-21-14/h7-8,11,14H,4-6,16H2,1-3H3. The van der Waals surface area contributed by atoms with Crippen LogP contribution in [0.5, 0.6) is 0 Å². The summed E-state index contributed by atoms with van der Waals surface area (Å²) in [4.78, 5) is 0. The lowest BCUT2D eigenvalue weighted by molar-refractivity contribution is 0.0690. The molecule has 3 rings (SSSR count). The fourth-order valence-electron chi connectivity index (χ4n) is 2.90. The van der Waals surface area contributed by atoms with Crippen LogP contribution in [0.25, 0.3) is 11.4 Å². The first-order valence-electron chi connectivity index (χ1n) is 7.34. The highest BCUT2D eigenvalue weighted by Gasteiger charge is 2.27. The van der Waals surface area contributed by atoms with Gasteiger partial charge in [-0.05, 0) is 61.2 Å². The summed E-state index contributed by atoms with van der Waals surface area (Å²) in [5.41, 5.74) is 9.97. The number of nitrogens with zero attached hydrogens (tertiary/aromatic N) is 4. The smallest absolute Gasteiger partial charge is 0.182 e. The van der Waals surface area contributed by atoms with Crippen LogP contribution in [-0.4, -0.2) is 32.9 Å². The SMILES string of the molecule is Cc1cc(C)c(-c2nnnn2C(C)C2CCCO2)cc1N. The van der Waals surface area contributed by atoms with Crippen molar-refractivity contribution >= 4 is 5.69 Å². The van der Waals surface area contributed by atoms with E-state index < -0.39 is 0 Å². The number of aromatic nitrogens is 4. The van der Waals surface area contributed by atoms with Crippen molar-refractivity contribution in [3.05, 3.63) is 23.3 Å². The first-order chi connectivity index (χ1) is 10.1. The molecule has 2 N–H and O–H groups in total. The highest BCUT2D eigenvalue weighted by molar-refractivity contribution is 5.67. The number of nitrogen functional groups attached to an aromatic ring is 1. The van der Waals surface area contributed by atoms with Crippen molar-refractivity contribution in [2.75, 3.05) is 12.3 Å². The molecule has 112 valence electrons. The van der Waals surface area contributed by atoms with E-state index in [0.717, 1.165) is 47.7 Å². The van der Waals surface area contributed by atoms with Gasteiger partial charge in [0, 0.05) is 17.9 Å². The number of hydrogen-bond acceptors (Lipinski definition) is 5. The van der Waals surface area contributed by atoms with Gasteiger partial charge in [0.15, 0.2) is 5.82 Å². The number of nitrogens with two attached hydrogens (primary N) is 1. The number of tetrazole rings is 1. The lowest BCUT2D eigenvalue weighted by Crippen LogP contribution is -2.23. The van der Waals surface area contributed by atoms with E-state index in [4.69, 9.17) is 10.5 Å². The van der Waals surface area contributed by atoms with Gasteiger partial charge in [-0.25, -0.2) is 4.68 Å². The molecule has 1 aliphatic rings. The summed E-state index contributed by atoms with van der Waals surface area (Å²) in [6, 6.07) is 4.13. The number of anilines is 1. The second-order valence-corrected chi connectivity index (χ2v) is 5.76. The molecular weight excluding hydrogens is 266 g/mol. The van der Waals surface area contributed by atoms with Crippen LogP contribution in [0.15, 0.2) is 12.1 Å². The van der Waals surface area contributed by atoms with Crippen LogP contribution in [0.3, 0.4) is 0 Å². The van der Waals surface area contributed by atoms with Crippen LogP contribution in [0.2, 0.25) is 0 Å². The van der Waals surface area contributed by atoms with Gasteiger partial charge in [-0.1, -0.05) is 6.07 Å². The molecule has 2 heterocycles. The largest absolute Gasteiger partial charge is 0.398 e. The van der Waals surface area contributed by atoms with Crippen molar-refractivity contribution < 1.29 is 4.74 Å². The molecule has 2 aromatic rings. The molecule has 0 aliphatic carbocycles. The normalized spacial score (nSPS) is 19.9. The van der Waals surface area contributed by atoms with Crippen LogP contribution in [-0.2, 0) is 4.74 Å². The Morgan fingerprint density at radius 2 is 2.14 bits per heavy atom. The highest BCUT2D eigenvalue weighted by atomic mass is 16.5. The first-order valence-corrected chi connectivity index (χ1v) is 7.34. The van der Waals surface area contributed by atoms with Gasteiger partial charge in [-0.15, -0.1) is 5.10 Å². The fourth-order valence-corrected chi connectivity index (χ4v) is 2.90. The Hall–Kier alpha value is -1.95. The molecule has 0 radical (unpaired) electrons. The number of ether oxygens (including phenoxy) is 1. The Balaban J connectivity index is 2.00. The maximum Gasteiger partial charge on any atom is 0.182 e. The van der Waals surface area contributed by atoms with Crippen molar-refractivity contribution in [1.82, 2.24) is 20.2 Å². The van der Waals surface area contributed by atoms with Gasteiger partial charge in [0.25, 0.3) is 0 Å². The molecule has 0 saturated carbocycles. The summed E-state index contributed by atoms with van der Waals surface area (Å²) in [5.74, 6) is 0.752. The predicted molar refractivity (Wildman–Crippen MR) is 80.8 cm³/mol. The Morgan fingerprint density at radius 3 is 2.86 bits per heavy atom. The zero-order valence-corrected chi connectivity index (χ0v) is 12.7. The molecule has 0 amide bonds. The second kappa shape index (κ2) is 5.44. The molecule has 2 unspecified atom stereocenters. The zero-order valence-electron chi connectivity index (χ0n) is 12.7. The minimum atomic E-state index is 0.111. The molecule has 1 aliphatic heterocycles. The maximum absolute atomic E-state index is 6.04. The molecule has 2 atom stereocenters. The summed E-state index contributed by atoms with van der Waals surface area (Å²) in [6.07, 6.45) is 2.33. The van der Waals surface area contributed by atoms with Crippen LogP contribution >= 0.6 is 0 Å². The lowest BCUT2D eigenvalue weighted by Gasteiger charge is -2.20. The first kappa shape index (κ1) is 14.0. The molecule has 1 saturated heterocycles. The summed E-state index contributed by atoms with van der Waals surface area (Å²) < 4.78 is 7.62. The Morgan fingerprint density at radius 1 is 1.33 bits per heavy atom. The molecule has 6 nitrogen and oxygen atoms in total.